The van der Waals surface area contributed by atoms with Crippen LogP contribution in [0.3, 0.4) is 0 Å². The summed E-state index contributed by atoms with van der Waals surface area (Å²) in [6.45, 7) is 1.94. The zero-order valence-corrected chi connectivity index (χ0v) is 11.1. The van der Waals surface area contributed by atoms with E-state index in [2.05, 4.69) is 10.4 Å². The maximum Gasteiger partial charge on any atom is 0.347 e. The van der Waals surface area contributed by atoms with Crippen LogP contribution in [0.15, 0.2) is 42.6 Å². The second kappa shape index (κ2) is 4.97. The summed E-state index contributed by atoms with van der Waals surface area (Å²) in [5.41, 5.74) is 1.56. The van der Waals surface area contributed by atoms with Crippen molar-refractivity contribution in [3.63, 3.8) is 0 Å². The van der Waals surface area contributed by atoms with Crippen molar-refractivity contribution in [3.05, 3.63) is 59.8 Å². The highest BCUT2D eigenvalue weighted by Gasteiger charge is 2.13. The number of fused-ring (bicyclic) bond motifs is 1. The highest BCUT2D eigenvalue weighted by molar-refractivity contribution is 5.97. The van der Waals surface area contributed by atoms with Crippen LogP contribution >= 0.6 is 0 Å². The SMILES string of the molecule is Cc1ccc2c(cnn2C(=O)Nc2ccc(F)cc2F)c1. The molecule has 0 aliphatic heterocycles. The van der Waals surface area contributed by atoms with Gasteiger partial charge in [-0.15, -0.1) is 0 Å². The van der Waals surface area contributed by atoms with E-state index in [4.69, 9.17) is 0 Å². The molecule has 3 rings (SSSR count). The van der Waals surface area contributed by atoms with Crippen molar-refractivity contribution in [1.82, 2.24) is 9.78 Å². The van der Waals surface area contributed by atoms with Crippen LogP contribution in [0.2, 0.25) is 0 Å². The molecule has 0 saturated carbocycles. The molecular formula is C15H11F2N3O. The van der Waals surface area contributed by atoms with Crippen LogP contribution in [-0.2, 0) is 0 Å². The van der Waals surface area contributed by atoms with Crippen LogP contribution < -0.4 is 5.32 Å². The molecule has 0 unspecified atom stereocenters. The predicted molar refractivity (Wildman–Crippen MR) is 75.2 cm³/mol. The number of carbonyl (C=O) groups excluding carboxylic acids is 1. The first-order chi connectivity index (χ1) is 10.0. The fourth-order valence-corrected chi connectivity index (χ4v) is 2.07. The van der Waals surface area contributed by atoms with Crippen LogP contribution in [0.25, 0.3) is 10.9 Å². The fourth-order valence-electron chi connectivity index (χ4n) is 2.07. The maximum absolute atomic E-state index is 13.5. The van der Waals surface area contributed by atoms with Gasteiger partial charge in [0.05, 0.1) is 17.4 Å². The Morgan fingerprint density at radius 3 is 2.76 bits per heavy atom. The predicted octanol–water partition coefficient (Wildman–Crippen LogP) is 3.70. The number of hydrogen-bond donors (Lipinski definition) is 1. The highest BCUT2D eigenvalue weighted by Crippen LogP contribution is 2.18. The lowest BCUT2D eigenvalue weighted by molar-refractivity contribution is 0.251. The molecule has 1 aromatic heterocycles. The fraction of sp³-hybridized carbons (Fsp3) is 0.0667. The van der Waals surface area contributed by atoms with Gasteiger partial charge in [0.1, 0.15) is 11.6 Å². The summed E-state index contributed by atoms with van der Waals surface area (Å²) >= 11 is 0. The molecule has 3 aromatic rings. The molecule has 0 aliphatic rings. The first kappa shape index (κ1) is 13.2. The quantitative estimate of drug-likeness (QED) is 0.741. The van der Waals surface area contributed by atoms with Gasteiger partial charge in [-0.1, -0.05) is 11.6 Å². The Hall–Kier alpha value is -2.76. The molecule has 1 heterocycles. The minimum Gasteiger partial charge on any atom is -0.303 e. The molecule has 0 aliphatic carbocycles. The second-order valence-electron chi connectivity index (χ2n) is 4.67. The maximum atomic E-state index is 13.5. The van der Waals surface area contributed by atoms with Crippen LogP contribution in [-0.4, -0.2) is 15.8 Å². The Morgan fingerprint density at radius 2 is 2.00 bits per heavy atom. The van der Waals surface area contributed by atoms with E-state index in [0.29, 0.717) is 11.6 Å². The summed E-state index contributed by atoms with van der Waals surface area (Å²) in [4.78, 5) is 12.1. The standard InChI is InChI=1S/C15H11F2N3O/c1-9-2-5-14-10(6-9)8-18-20(14)15(21)19-13-4-3-11(16)7-12(13)17/h2-8H,1H3,(H,19,21). The molecule has 0 atom stereocenters. The van der Waals surface area contributed by atoms with E-state index in [9.17, 15) is 13.6 Å². The molecule has 106 valence electrons. The topological polar surface area (TPSA) is 46.9 Å². The van der Waals surface area contributed by atoms with Crippen LogP contribution in [0.5, 0.6) is 0 Å². The van der Waals surface area contributed by atoms with E-state index in [1.165, 1.54) is 6.07 Å². The number of carbonyl (C=O) groups is 1. The summed E-state index contributed by atoms with van der Waals surface area (Å²) in [7, 11) is 0. The average Bonchev–Trinajstić information content (AvgIpc) is 2.84. The van der Waals surface area contributed by atoms with E-state index < -0.39 is 17.7 Å². The van der Waals surface area contributed by atoms with Crippen LogP contribution in [0.1, 0.15) is 5.56 Å². The third-order valence-electron chi connectivity index (χ3n) is 3.09. The summed E-state index contributed by atoms with van der Waals surface area (Å²) in [6, 6.07) is 7.84. The first-order valence-electron chi connectivity index (χ1n) is 6.25. The summed E-state index contributed by atoms with van der Waals surface area (Å²) in [5, 5.41) is 7.16. The Balaban J connectivity index is 1.94. The average molecular weight is 287 g/mol. The van der Waals surface area contributed by atoms with Crippen LogP contribution in [0, 0.1) is 18.6 Å². The molecule has 0 spiro atoms. The number of halogens is 2. The van der Waals surface area contributed by atoms with Gasteiger partial charge in [0.2, 0.25) is 0 Å². The number of rotatable bonds is 1. The molecule has 0 fully saturated rings. The van der Waals surface area contributed by atoms with Crippen LogP contribution in [0.4, 0.5) is 19.3 Å². The zero-order chi connectivity index (χ0) is 15.0. The first-order valence-corrected chi connectivity index (χ1v) is 6.25. The van der Waals surface area contributed by atoms with Crippen molar-refractivity contribution in [3.8, 4) is 0 Å². The third-order valence-corrected chi connectivity index (χ3v) is 3.09. The summed E-state index contributed by atoms with van der Waals surface area (Å²) in [6.07, 6.45) is 1.56. The molecule has 0 saturated heterocycles. The van der Waals surface area contributed by atoms with Gasteiger partial charge in [-0.05, 0) is 31.2 Å². The Bertz CT molecular complexity index is 842. The number of nitrogens with zero attached hydrogens (tertiary/aromatic N) is 2. The largest absolute Gasteiger partial charge is 0.347 e. The lowest BCUT2D eigenvalue weighted by Crippen LogP contribution is -2.21. The zero-order valence-electron chi connectivity index (χ0n) is 11.1. The third kappa shape index (κ3) is 2.47. The van der Waals surface area contributed by atoms with E-state index in [1.54, 1.807) is 12.3 Å². The monoisotopic (exact) mass is 287 g/mol. The van der Waals surface area contributed by atoms with Gasteiger partial charge in [-0.2, -0.15) is 9.78 Å². The van der Waals surface area contributed by atoms with Crippen molar-refractivity contribution in [2.24, 2.45) is 0 Å². The normalized spacial score (nSPS) is 10.8. The molecular weight excluding hydrogens is 276 g/mol. The number of anilines is 1. The van der Waals surface area contributed by atoms with E-state index in [-0.39, 0.29) is 5.69 Å². The Kier molecular flexibility index (Phi) is 3.13. The van der Waals surface area contributed by atoms with Gasteiger partial charge < -0.3 is 5.32 Å². The molecule has 21 heavy (non-hydrogen) atoms. The van der Waals surface area contributed by atoms with E-state index in [0.717, 1.165) is 21.7 Å². The number of amides is 1. The Morgan fingerprint density at radius 1 is 1.19 bits per heavy atom. The van der Waals surface area contributed by atoms with Crippen molar-refractivity contribution in [1.29, 1.82) is 0 Å². The van der Waals surface area contributed by atoms with E-state index in [1.807, 2.05) is 19.1 Å². The van der Waals surface area contributed by atoms with Gasteiger partial charge in [-0.3, -0.25) is 0 Å². The molecule has 0 radical (unpaired) electrons. The summed E-state index contributed by atoms with van der Waals surface area (Å²) in [5.74, 6) is -1.54. The molecule has 0 bridgehead atoms. The summed E-state index contributed by atoms with van der Waals surface area (Å²) < 4.78 is 27.5. The molecule has 4 nitrogen and oxygen atoms in total. The van der Waals surface area contributed by atoms with Gasteiger partial charge in [0, 0.05) is 11.5 Å². The number of nitrogens with one attached hydrogen (secondary N) is 1. The van der Waals surface area contributed by atoms with Crippen molar-refractivity contribution >= 4 is 22.6 Å². The molecule has 2 aromatic carbocycles. The van der Waals surface area contributed by atoms with Gasteiger partial charge >= 0.3 is 6.03 Å². The van der Waals surface area contributed by atoms with E-state index >= 15 is 0 Å². The van der Waals surface area contributed by atoms with Gasteiger partial charge in [-0.25, -0.2) is 13.6 Å². The van der Waals surface area contributed by atoms with Gasteiger partial charge in [0.25, 0.3) is 0 Å². The molecule has 1 amide bonds. The lowest BCUT2D eigenvalue weighted by atomic mass is 10.2. The van der Waals surface area contributed by atoms with Crippen molar-refractivity contribution < 1.29 is 13.6 Å². The highest BCUT2D eigenvalue weighted by atomic mass is 19.1. The minimum absolute atomic E-state index is 0.0999. The number of aryl methyl sites for hydroxylation is 1. The number of benzene rings is 2. The van der Waals surface area contributed by atoms with Gasteiger partial charge in [0.15, 0.2) is 0 Å². The molecule has 6 heteroatoms. The Labute approximate surface area is 119 Å². The lowest BCUT2D eigenvalue weighted by Gasteiger charge is -2.07. The molecule has 1 N–H and O–H groups in total. The van der Waals surface area contributed by atoms with Crippen molar-refractivity contribution in [2.75, 3.05) is 5.32 Å². The number of hydrogen-bond acceptors (Lipinski definition) is 2. The second-order valence-corrected chi connectivity index (χ2v) is 4.67. The smallest absolute Gasteiger partial charge is 0.303 e. The number of aromatic nitrogens is 2. The minimum atomic E-state index is -0.837. The van der Waals surface area contributed by atoms with Crippen molar-refractivity contribution in [2.45, 2.75) is 6.92 Å².